The van der Waals surface area contributed by atoms with Gasteiger partial charge in [-0.05, 0) is 86.9 Å². The topological polar surface area (TPSA) is 46.5 Å². The van der Waals surface area contributed by atoms with E-state index < -0.39 is 0 Å². The molecule has 0 aromatic rings. The van der Waals surface area contributed by atoms with Crippen LogP contribution in [0.25, 0.3) is 0 Å². The van der Waals surface area contributed by atoms with Gasteiger partial charge in [-0.3, -0.25) is 4.79 Å². The van der Waals surface area contributed by atoms with Crippen molar-refractivity contribution in [3.63, 3.8) is 0 Å². The fourth-order valence-corrected chi connectivity index (χ4v) is 7.46. The zero-order chi connectivity index (χ0) is 17.7. The summed E-state index contributed by atoms with van der Waals surface area (Å²) in [5.74, 6) is 3.63. The predicted octanol–water partition coefficient (Wildman–Crippen LogP) is 4.37. The number of ether oxygens (including phenoxy) is 1. The molecule has 142 valence electrons. The number of aliphatic hydroxyl groups excluding tert-OH is 1. The Morgan fingerprint density at radius 1 is 1.08 bits per heavy atom. The van der Waals surface area contributed by atoms with E-state index in [-0.39, 0.29) is 12.0 Å². The van der Waals surface area contributed by atoms with Gasteiger partial charge in [0, 0.05) is 25.0 Å². The van der Waals surface area contributed by atoms with Gasteiger partial charge in [0.15, 0.2) is 0 Å². The largest absolute Gasteiger partial charge is 0.396 e. The molecule has 0 heterocycles. The van der Waals surface area contributed by atoms with E-state index in [0.29, 0.717) is 29.8 Å². The molecule has 3 nitrogen and oxygen atoms in total. The Morgan fingerprint density at radius 2 is 1.92 bits per heavy atom. The zero-order valence-corrected chi connectivity index (χ0v) is 16.1. The first kappa shape index (κ1) is 18.0. The quantitative estimate of drug-likeness (QED) is 0.768. The molecule has 4 aliphatic rings. The number of hydrogen-bond donors (Lipinski definition) is 1. The summed E-state index contributed by atoms with van der Waals surface area (Å²) in [6.07, 6.45) is 11.9. The van der Waals surface area contributed by atoms with Gasteiger partial charge in [-0.1, -0.05) is 13.8 Å². The molecule has 0 spiro atoms. The van der Waals surface area contributed by atoms with Crippen LogP contribution in [0, 0.1) is 34.5 Å². The van der Waals surface area contributed by atoms with Crippen LogP contribution in [0.2, 0.25) is 0 Å². The summed E-state index contributed by atoms with van der Waals surface area (Å²) in [6.45, 7) is 5.79. The number of fused-ring (bicyclic) bond motifs is 5. The van der Waals surface area contributed by atoms with Crippen LogP contribution in [-0.4, -0.2) is 30.2 Å². The lowest BCUT2D eigenvalue weighted by Crippen LogP contribution is -2.54. The monoisotopic (exact) mass is 348 g/mol. The normalized spacial score (nSPS) is 49.4. The molecule has 4 unspecified atom stereocenters. The maximum Gasteiger partial charge on any atom is 0.139 e. The molecule has 4 aliphatic carbocycles. The smallest absolute Gasteiger partial charge is 0.139 e. The summed E-state index contributed by atoms with van der Waals surface area (Å²) in [7, 11) is 0. The first-order chi connectivity index (χ1) is 12.0. The van der Waals surface area contributed by atoms with Crippen molar-refractivity contribution in [2.45, 2.75) is 84.2 Å². The van der Waals surface area contributed by atoms with Gasteiger partial charge in [0.1, 0.15) is 5.78 Å². The van der Waals surface area contributed by atoms with E-state index in [4.69, 9.17) is 9.84 Å². The first-order valence-electron chi connectivity index (χ1n) is 10.7. The van der Waals surface area contributed by atoms with E-state index >= 15 is 0 Å². The van der Waals surface area contributed by atoms with Crippen LogP contribution in [0.4, 0.5) is 0 Å². The third-order valence-electron chi connectivity index (χ3n) is 8.98. The summed E-state index contributed by atoms with van der Waals surface area (Å²) in [5, 5.41) is 8.96. The van der Waals surface area contributed by atoms with Crippen LogP contribution in [0.3, 0.4) is 0 Å². The first-order valence-corrected chi connectivity index (χ1v) is 10.7. The van der Waals surface area contributed by atoms with Crippen LogP contribution < -0.4 is 0 Å². The maximum atomic E-state index is 12.5. The van der Waals surface area contributed by atoms with Crippen molar-refractivity contribution in [2.24, 2.45) is 34.5 Å². The minimum Gasteiger partial charge on any atom is -0.396 e. The Balaban J connectivity index is 1.46. The third kappa shape index (κ3) is 2.81. The molecule has 4 fully saturated rings. The van der Waals surface area contributed by atoms with E-state index in [0.717, 1.165) is 43.4 Å². The van der Waals surface area contributed by atoms with Crippen LogP contribution in [0.5, 0.6) is 0 Å². The molecule has 7 atom stereocenters. The summed E-state index contributed by atoms with van der Waals surface area (Å²) in [5.41, 5.74) is 0.474. The highest BCUT2D eigenvalue weighted by atomic mass is 16.5. The van der Waals surface area contributed by atoms with Gasteiger partial charge >= 0.3 is 0 Å². The minimum atomic E-state index is 0.00890. The van der Waals surface area contributed by atoms with E-state index in [9.17, 15) is 4.79 Å². The lowest BCUT2D eigenvalue weighted by Gasteiger charge is -2.60. The maximum absolute atomic E-state index is 12.5. The number of carbonyl (C=O) groups excluding carboxylic acids is 1. The molecule has 0 saturated heterocycles. The molecule has 4 rings (SSSR count). The van der Waals surface area contributed by atoms with Crippen molar-refractivity contribution in [3.05, 3.63) is 0 Å². The van der Waals surface area contributed by atoms with Gasteiger partial charge in [-0.25, -0.2) is 0 Å². The Hall–Kier alpha value is -0.410. The number of rotatable bonds is 4. The second kappa shape index (κ2) is 6.64. The Labute approximate surface area is 152 Å². The Bertz CT molecular complexity index is 517. The number of carbonyl (C=O) groups is 1. The molecular weight excluding hydrogens is 312 g/mol. The van der Waals surface area contributed by atoms with Gasteiger partial charge in [0.05, 0.1) is 6.10 Å². The summed E-state index contributed by atoms with van der Waals surface area (Å²) in [4.78, 5) is 12.5. The molecule has 0 amide bonds. The number of Topliss-reactive ketones (excluding diaryl/α,β-unsaturated/α-hetero) is 1. The summed E-state index contributed by atoms with van der Waals surface area (Å²) >= 11 is 0. The predicted molar refractivity (Wildman–Crippen MR) is 98.2 cm³/mol. The van der Waals surface area contributed by atoms with Gasteiger partial charge in [-0.2, -0.15) is 0 Å². The molecule has 4 saturated carbocycles. The van der Waals surface area contributed by atoms with Crippen LogP contribution in [0.1, 0.15) is 78.1 Å². The molecule has 0 bridgehead atoms. The minimum absolute atomic E-state index is 0.00890. The highest BCUT2D eigenvalue weighted by Crippen LogP contribution is 2.65. The summed E-state index contributed by atoms with van der Waals surface area (Å²) in [6, 6.07) is 0. The average Bonchev–Trinajstić information content (AvgIpc) is 2.90. The van der Waals surface area contributed by atoms with E-state index in [1.165, 1.54) is 38.5 Å². The van der Waals surface area contributed by atoms with Gasteiger partial charge in [0.2, 0.25) is 0 Å². The Kier molecular flexibility index (Phi) is 4.77. The highest BCUT2D eigenvalue weighted by Gasteiger charge is 2.60. The second-order valence-electron chi connectivity index (χ2n) is 9.92. The molecule has 3 heteroatoms. The molecule has 0 aliphatic heterocycles. The number of ketones is 1. The van der Waals surface area contributed by atoms with E-state index in [1.807, 2.05) is 0 Å². The standard InChI is InChI=1S/C22H36O3/c1-21-10-8-16(25-13-3-12-23)14-15(21)4-5-17-18-6-7-20(24)22(18,2)11-9-19(17)21/h15-19,23H,3-14H2,1-2H3/t15?,16-,17?,18?,19?,21-,22-/m0/s1. The summed E-state index contributed by atoms with van der Waals surface area (Å²) < 4.78 is 6.05. The second-order valence-corrected chi connectivity index (χ2v) is 9.92. The molecule has 25 heavy (non-hydrogen) atoms. The van der Waals surface area contributed by atoms with Gasteiger partial charge < -0.3 is 9.84 Å². The molecule has 0 aromatic heterocycles. The van der Waals surface area contributed by atoms with E-state index in [1.54, 1.807) is 0 Å². The molecule has 0 radical (unpaired) electrons. The molecule has 0 aromatic carbocycles. The van der Waals surface area contributed by atoms with Gasteiger partial charge in [-0.15, -0.1) is 0 Å². The lowest BCUT2D eigenvalue weighted by molar-refractivity contribution is -0.145. The zero-order valence-electron chi connectivity index (χ0n) is 16.1. The van der Waals surface area contributed by atoms with Crippen LogP contribution in [0.15, 0.2) is 0 Å². The van der Waals surface area contributed by atoms with Crippen molar-refractivity contribution < 1.29 is 14.6 Å². The highest BCUT2D eigenvalue weighted by molar-refractivity contribution is 5.87. The van der Waals surface area contributed by atoms with E-state index in [2.05, 4.69) is 13.8 Å². The van der Waals surface area contributed by atoms with Crippen molar-refractivity contribution >= 4 is 5.78 Å². The van der Waals surface area contributed by atoms with Crippen molar-refractivity contribution in [1.29, 1.82) is 0 Å². The van der Waals surface area contributed by atoms with Gasteiger partial charge in [0.25, 0.3) is 0 Å². The van der Waals surface area contributed by atoms with Crippen molar-refractivity contribution in [3.8, 4) is 0 Å². The van der Waals surface area contributed by atoms with Crippen LogP contribution in [-0.2, 0) is 9.53 Å². The molecule has 1 N–H and O–H groups in total. The molecular formula is C22H36O3. The third-order valence-corrected chi connectivity index (χ3v) is 8.98. The lowest BCUT2D eigenvalue weighted by atomic mass is 9.45. The Morgan fingerprint density at radius 3 is 2.72 bits per heavy atom. The fourth-order valence-electron chi connectivity index (χ4n) is 7.46. The average molecular weight is 349 g/mol. The van der Waals surface area contributed by atoms with Crippen molar-refractivity contribution in [2.75, 3.05) is 13.2 Å². The SMILES string of the molecule is C[C@]12CC[C@H](OCCCO)CC1CCC1C2CC[C@]2(C)C(=O)CCC12. The van der Waals surface area contributed by atoms with Crippen LogP contribution >= 0.6 is 0 Å². The fraction of sp³-hybridized carbons (Fsp3) is 0.955. The van der Waals surface area contributed by atoms with Crippen molar-refractivity contribution in [1.82, 2.24) is 0 Å². The number of aliphatic hydroxyl groups is 1. The number of hydrogen-bond acceptors (Lipinski definition) is 3.